The molecule has 0 spiro atoms. The molecule has 1 aromatic heterocycles. The monoisotopic (exact) mass is 430 g/mol. The number of nitrogens with one attached hydrogen (secondary N) is 2. The molecular weight excluding hydrogens is 396 g/mol. The fourth-order valence-electron chi connectivity index (χ4n) is 3.93. The molecule has 2 aromatic rings. The molecule has 1 fully saturated rings. The van der Waals surface area contributed by atoms with E-state index in [1.807, 2.05) is 24.3 Å². The Morgan fingerprint density at radius 3 is 2.45 bits per heavy atom. The summed E-state index contributed by atoms with van der Waals surface area (Å²) in [5.41, 5.74) is 0.916. The molecule has 0 amide bonds. The van der Waals surface area contributed by atoms with Gasteiger partial charge in [0.15, 0.2) is 17.5 Å². The topological polar surface area (TPSA) is 80.5 Å². The molecule has 8 nitrogen and oxygen atoms in total. The zero-order valence-corrected chi connectivity index (χ0v) is 18.9. The summed E-state index contributed by atoms with van der Waals surface area (Å²) in [6.45, 7) is 6.15. The lowest BCUT2D eigenvalue weighted by Gasteiger charge is -2.26. The minimum Gasteiger partial charge on any atom is -0.493 e. The standard InChI is InChI=1S/C23H34N4O4/c1-5-24-23(25-15-17-10-11-20(28-2)22(30-4)21(17)29-3)26-16-18(19-9-8-14-31-19)27-12-6-7-13-27/h8-11,14,18H,5-7,12-13,15-16H2,1-4H3,(H2,24,25,26). The van der Waals surface area contributed by atoms with E-state index in [1.54, 1.807) is 27.6 Å². The second-order valence-electron chi connectivity index (χ2n) is 7.34. The lowest BCUT2D eigenvalue weighted by molar-refractivity contribution is 0.215. The van der Waals surface area contributed by atoms with Crippen molar-refractivity contribution in [2.45, 2.75) is 32.4 Å². The first-order valence-corrected chi connectivity index (χ1v) is 10.8. The normalized spacial score (nSPS) is 15.5. The Bertz CT molecular complexity index is 832. The van der Waals surface area contributed by atoms with Gasteiger partial charge in [0.25, 0.3) is 0 Å². The van der Waals surface area contributed by atoms with Crippen molar-refractivity contribution in [1.82, 2.24) is 15.5 Å². The van der Waals surface area contributed by atoms with Crippen LogP contribution in [-0.2, 0) is 6.54 Å². The summed E-state index contributed by atoms with van der Waals surface area (Å²) in [5.74, 6) is 3.56. The Morgan fingerprint density at radius 1 is 1.06 bits per heavy atom. The molecule has 1 saturated heterocycles. The van der Waals surface area contributed by atoms with Gasteiger partial charge in [-0.2, -0.15) is 0 Å². The van der Waals surface area contributed by atoms with Crippen molar-refractivity contribution < 1.29 is 18.6 Å². The van der Waals surface area contributed by atoms with Gasteiger partial charge in [-0.25, -0.2) is 4.99 Å². The molecule has 8 heteroatoms. The molecule has 0 radical (unpaired) electrons. The molecular formula is C23H34N4O4. The first-order chi connectivity index (χ1) is 15.2. The molecule has 1 unspecified atom stereocenters. The van der Waals surface area contributed by atoms with E-state index < -0.39 is 0 Å². The molecule has 0 aliphatic carbocycles. The molecule has 1 atom stereocenters. The SMILES string of the molecule is CCNC(=NCc1ccc(OC)c(OC)c1OC)NCC(c1ccco1)N1CCCC1. The quantitative estimate of drug-likeness (QED) is 0.443. The van der Waals surface area contributed by atoms with Crippen LogP contribution >= 0.6 is 0 Å². The van der Waals surface area contributed by atoms with Crippen LogP contribution in [-0.4, -0.2) is 58.4 Å². The fraction of sp³-hybridized carbons (Fsp3) is 0.522. The number of likely N-dealkylation sites (tertiary alicyclic amines) is 1. The van der Waals surface area contributed by atoms with Crippen LogP contribution < -0.4 is 24.8 Å². The van der Waals surface area contributed by atoms with Gasteiger partial charge in [-0.05, 0) is 57.1 Å². The van der Waals surface area contributed by atoms with E-state index in [9.17, 15) is 0 Å². The smallest absolute Gasteiger partial charge is 0.203 e. The third kappa shape index (κ3) is 5.64. The highest BCUT2D eigenvalue weighted by atomic mass is 16.5. The van der Waals surface area contributed by atoms with Gasteiger partial charge in [0.05, 0.1) is 40.2 Å². The zero-order chi connectivity index (χ0) is 22.1. The van der Waals surface area contributed by atoms with E-state index in [0.29, 0.717) is 30.3 Å². The van der Waals surface area contributed by atoms with Crippen LogP contribution in [0.15, 0.2) is 39.9 Å². The summed E-state index contributed by atoms with van der Waals surface area (Å²) in [7, 11) is 4.84. The van der Waals surface area contributed by atoms with Gasteiger partial charge in [0, 0.05) is 18.7 Å². The number of benzene rings is 1. The number of furan rings is 1. The number of hydrogen-bond acceptors (Lipinski definition) is 6. The van der Waals surface area contributed by atoms with Crippen molar-refractivity contribution in [2.24, 2.45) is 4.99 Å². The molecule has 2 N–H and O–H groups in total. The molecule has 1 aliphatic heterocycles. The number of nitrogens with zero attached hydrogens (tertiary/aromatic N) is 2. The Kier molecular flexibility index (Phi) is 8.46. The first-order valence-electron chi connectivity index (χ1n) is 10.8. The highest BCUT2D eigenvalue weighted by Gasteiger charge is 2.25. The second-order valence-corrected chi connectivity index (χ2v) is 7.34. The Labute approximate surface area is 184 Å². The number of aliphatic imine (C=N–C) groups is 1. The van der Waals surface area contributed by atoms with Crippen LogP contribution in [0.3, 0.4) is 0 Å². The Hall–Kier alpha value is -2.87. The van der Waals surface area contributed by atoms with Crippen LogP contribution in [0.1, 0.15) is 37.1 Å². The van der Waals surface area contributed by atoms with Crippen molar-refractivity contribution >= 4 is 5.96 Å². The molecule has 1 aromatic carbocycles. The van der Waals surface area contributed by atoms with Gasteiger partial charge < -0.3 is 29.3 Å². The minimum absolute atomic E-state index is 0.178. The maximum Gasteiger partial charge on any atom is 0.203 e. The second kappa shape index (κ2) is 11.5. The average molecular weight is 431 g/mol. The van der Waals surface area contributed by atoms with E-state index in [-0.39, 0.29) is 6.04 Å². The van der Waals surface area contributed by atoms with Crippen LogP contribution in [0.4, 0.5) is 0 Å². The third-order valence-corrected chi connectivity index (χ3v) is 5.45. The summed E-state index contributed by atoms with van der Waals surface area (Å²) in [5, 5.41) is 6.81. The summed E-state index contributed by atoms with van der Waals surface area (Å²) in [6.07, 6.45) is 4.19. The van der Waals surface area contributed by atoms with E-state index in [1.165, 1.54) is 12.8 Å². The maximum atomic E-state index is 5.72. The van der Waals surface area contributed by atoms with Gasteiger partial charge in [-0.1, -0.05) is 0 Å². The first kappa shape index (κ1) is 22.8. The molecule has 31 heavy (non-hydrogen) atoms. The van der Waals surface area contributed by atoms with Gasteiger partial charge in [0.2, 0.25) is 5.75 Å². The van der Waals surface area contributed by atoms with Gasteiger partial charge in [-0.15, -0.1) is 0 Å². The van der Waals surface area contributed by atoms with Crippen LogP contribution in [0.25, 0.3) is 0 Å². The number of ether oxygens (including phenoxy) is 3. The van der Waals surface area contributed by atoms with Crippen molar-refractivity contribution in [1.29, 1.82) is 0 Å². The molecule has 2 heterocycles. The Balaban J connectivity index is 1.74. The van der Waals surface area contributed by atoms with E-state index in [2.05, 4.69) is 22.5 Å². The molecule has 3 rings (SSSR count). The van der Waals surface area contributed by atoms with E-state index >= 15 is 0 Å². The summed E-state index contributed by atoms with van der Waals surface area (Å²) >= 11 is 0. The highest BCUT2D eigenvalue weighted by Crippen LogP contribution is 2.40. The number of rotatable bonds is 10. The van der Waals surface area contributed by atoms with E-state index in [4.69, 9.17) is 23.6 Å². The number of hydrogen-bond donors (Lipinski definition) is 2. The highest BCUT2D eigenvalue weighted by molar-refractivity contribution is 5.79. The van der Waals surface area contributed by atoms with Crippen LogP contribution in [0, 0.1) is 0 Å². The zero-order valence-electron chi connectivity index (χ0n) is 18.9. The fourth-order valence-corrected chi connectivity index (χ4v) is 3.93. The minimum atomic E-state index is 0.178. The number of guanidine groups is 1. The van der Waals surface area contributed by atoms with E-state index in [0.717, 1.165) is 36.9 Å². The molecule has 0 bridgehead atoms. The van der Waals surface area contributed by atoms with Gasteiger partial charge >= 0.3 is 0 Å². The maximum absolute atomic E-state index is 5.72. The Morgan fingerprint density at radius 2 is 1.84 bits per heavy atom. The third-order valence-electron chi connectivity index (χ3n) is 5.45. The molecule has 0 saturated carbocycles. The van der Waals surface area contributed by atoms with Crippen molar-refractivity contribution in [3.63, 3.8) is 0 Å². The van der Waals surface area contributed by atoms with Crippen molar-refractivity contribution in [3.8, 4) is 17.2 Å². The molecule has 170 valence electrons. The van der Waals surface area contributed by atoms with Crippen LogP contribution in [0.2, 0.25) is 0 Å². The summed E-state index contributed by atoms with van der Waals surface area (Å²) < 4.78 is 22.2. The summed E-state index contributed by atoms with van der Waals surface area (Å²) in [6, 6.07) is 7.98. The largest absolute Gasteiger partial charge is 0.493 e. The average Bonchev–Trinajstić information content (AvgIpc) is 3.51. The predicted octanol–water partition coefficient (Wildman–Crippen LogP) is 3.20. The number of methoxy groups -OCH3 is 3. The van der Waals surface area contributed by atoms with Gasteiger partial charge in [-0.3, -0.25) is 4.90 Å². The lowest BCUT2D eigenvalue weighted by Crippen LogP contribution is -2.42. The van der Waals surface area contributed by atoms with Crippen LogP contribution in [0.5, 0.6) is 17.2 Å². The van der Waals surface area contributed by atoms with Crippen molar-refractivity contribution in [3.05, 3.63) is 41.9 Å². The lowest BCUT2D eigenvalue weighted by atomic mass is 10.1. The summed E-state index contributed by atoms with van der Waals surface area (Å²) in [4.78, 5) is 7.24. The molecule has 1 aliphatic rings. The van der Waals surface area contributed by atoms with Gasteiger partial charge in [0.1, 0.15) is 5.76 Å². The predicted molar refractivity (Wildman–Crippen MR) is 121 cm³/mol. The van der Waals surface area contributed by atoms with Crippen molar-refractivity contribution in [2.75, 3.05) is 47.5 Å².